The van der Waals surface area contributed by atoms with Gasteiger partial charge in [-0.15, -0.1) is 4.91 Å². The van der Waals surface area contributed by atoms with Crippen molar-refractivity contribution >= 4 is 9.03 Å². The fourth-order valence-electron chi connectivity index (χ4n) is 1.01. The molecule has 2 nitrogen and oxygen atoms in total. The van der Waals surface area contributed by atoms with Crippen LogP contribution in [0.2, 0.25) is 0 Å². The molecule has 3 heteroatoms. The summed E-state index contributed by atoms with van der Waals surface area (Å²) in [7, 11) is 2.94. The molecule has 0 N–H and O–H groups in total. The number of rotatable bonds is 5. The van der Waals surface area contributed by atoms with Crippen LogP contribution in [0.1, 0.15) is 34.1 Å². The Bertz CT molecular complexity index is 119. The van der Waals surface area contributed by atoms with E-state index in [9.17, 15) is 0 Å². The summed E-state index contributed by atoms with van der Waals surface area (Å²) in [6.07, 6.45) is 1.39. The first-order chi connectivity index (χ1) is 5.13. The van der Waals surface area contributed by atoms with Gasteiger partial charge in [0.25, 0.3) is 0 Å². The van der Waals surface area contributed by atoms with Crippen LogP contribution in [0.25, 0.3) is 0 Å². The predicted octanol–water partition coefficient (Wildman–Crippen LogP) is 3.32. The van der Waals surface area contributed by atoms with Crippen LogP contribution < -0.4 is 0 Å². The van der Waals surface area contributed by atoms with E-state index in [1.807, 2.05) is 6.92 Å². The van der Waals surface area contributed by atoms with E-state index in [-0.39, 0.29) is 6.10 Å². The normalized spacial score (nSPS) is 18.9. The molecule has 0 amide bonds. The lowest BCUT2D eigenvalue weighted by Crippen LogP contribution is -2.21. The molecule has 0 aromatic heterocycles. The average Bonchev–Trinajstić information content (AvgIpc) is 2.02. The van der Waals surface area contributed by atoms with Gasteiger partial charge in [0.05, 0.1) is 6.10 Å². The van der Waals surface area contributed by atoms with Gasteiger partial charge in [0, 0.05) is 9.03 Å². The molecule has 0 aliphatic carbocycles. The van der Waals surface area contributed by atoms with Gasteiger partial charge in [0.2, 0.25) is 0 Å². The summed E-state index contributed by atoms with van der Waals surface area (Å²) in [5.74, 6) is 1.25. The molecule has 3 atom stereocenters. The van der Waals surface area contributed by atoms with E-state index in [1.54, 1.807) is 0 Å². The summed E-state index contributed by atoms with van der Waals surface area (Å²) >= 11 is 0. The van der Waals surface area contributed by atoms with Crippen LogP contribution in [-0.2, 0) is 4.84 Å². The van der Waals surface area contributed by atoms with Crippen LogP contribution in [0.15, 0.2) is 4.91 Å². The number of nitrogens with zero attached hydrogens (tertiary/aromatic N) is 1. The van der Waals surface area contributed by atoms with Gasteiger partial charge in [-0.1, -0.05) is 27.2 Å². The first-order valence-electron chi connectivity index (χ1n) is 4.16. The molecule has 0 aliphatic heterocycles. The fraction of sp³-hybridized carbons (Fsp3) is 1.00. The molecule has 0 spiro atoms. The van der Waals surface area contributed by atoms with Gasteiger partial charge >= 0.3 is 0 Å². The Morgan fingerprint density at radius 1 is 1.36 bits per heavy atom. The van der Waals surface area contributed by atoms with Crippen molar-refractivity contribution in [2.45, 2.75) is 40.2 Å². The minimum Gasteiger partial charge on any atom is -0.246 e. The first kappa shape index (κ1) is 11.1. The van der Waals surface area contributed by atoms with Gasteiger partial charge in [-0.05, 0) is 18.8 Å². The van der Waals surface area contributed by atoms with Gasteiger partial charge in [-0.2, -0.15) is 0 Å². The largest absolute Gasteiger partial charge is 0.246 e. The van der Waals surface area contributed by atoms with Crippen molar-refractivity contribution in [3.63, 3.8) is 0 Å². The molecule has 0 aliphatic rings. The van der Waals surface area contributed by atoms with E-state index in [1.165, 1.54) is 6.42 Å². The monoisotopic (exact) mass is 175 g/mol. The summed E-state index contributed by atoms with van der Waals surface area (Å²) in [6, 6.07) is 0. The molecular weight excluding hydrogens is 157 g/mol. The number of hydrogen-bond donors (Lipinski definition) is 0. The fourth-order valence-corrected chi connectivity index (χ4v) is 1.18. The third kappa shape index (κ3) is 3.83. The molecular formula is C8H18NOP. The van der Waals surface area contributed by atoms with Crippen molar-refractivity contribution < 1.29 is 4.84 Å². The van der Waals surface area contributed by atoms with E-state index in [0.29, 0.717) is 11.8 Å². The lowest BCUT2D eigenvalue weighted by molar-refractivity contribution is 0.0211. The topological polar surface area (TPSA) is 21.6 Å². The maximum atomic E-state index is 5.07. The Hall–Kier alpha value is 0.0600. The minimum atomic E-state index is 0.197. The van der Waals surface area contributed by atoms with Crippen LogP contribution in [0.3, 0.4) is 0 Å². The van der Waals surface area contributed by atoms with Crippen molar-refractivity contribution in [1.82, 2.24) is 0 Å². The molecule has 0 rings (SSSR count). The maximum absolute atomic E-state index is 5.07. The Kier molecular flexibility index (Phi) is 5.71. The molecule has 3 unspecified atom stereocenters. The Morgan fingerprint density at radius 2 is 1.91 bits per heavy atom. The van der Waals surface area contributed by atoms with E-state index in [0.717, 1.165) is 0 Å². The standard InChI is InChI=1S/C8H18NOP/c1-5-6(2)7(3)8(4)10-9-11/h6-8,11H,5H2,1-4H3. The highest BCUT2D eigenvalue weighted by molar-refractivity contribution is 7.03. The molecule has 0 radical (unpaired) electrons. The van der Waals surface area contributed by atoms with E-state index < -0.39 is 0 Å². The van der Waals surface area contributed by atoms with Crippen LogP contribution in [0, 0.1) is 11.8 Å². The Balaban J connectivity index is 3.79. The molecule has 66 valence electrons. The van der Waals surface area contributed by atoms with Crippen LogP contribution in [0.5, 0.6) is 0 Å². The Morgan fingerprint density at radius 3 is 2.27 bits per heavy atom. The molecule has 0 saturated heterocycles. The molecule has 0 saturated carbocycles. The zero-order chi connectivity index (χ0) is 8.85. The predicted molar refractivity (Wildman–Crippen MR) is 49.9 cm³/mol. The zero-order valence-electron chi connectivity index (χ0n) is 7.79. The Labute approximate surface area is 71.6 Å². The summed E-state index contributed by atoms with van der Waals surface area (Å²) in [5.41, 5.74) is 0. The van der Waals surface area contributed by atoms with E-state index in [2.05, 4.69) is 34.7 Å². The van der Waals surface area contributed by atoms with Gasteiger partial charge in [-0.3, -0.25) is 0 Å². The van der Waals surface area contributed by atoms with Gasteiger partial charge in [0.1, 0.15) is 0 Å². The second kappa shape index (κ2) is 5.68. The highest BCUT2D eigenvalue weighted by Gasteiger charge is 2.18. The lowest BCUT2D eigenvalue weighted by atomic mass is 9.90. The first-order valence-corrected chi connectivity index (χ1v) is 4.60. The average molecular weight is 175 g/mol. The highest BCUT2D eigenvalue weighted by Crippen LogP contribution is 2.20. The minimum absolute atomic E-state index is 0.197. The molecule has 0 aromatic rings. The van der Waals surface area contributed by atoms with Gasteiger partial charge in [-0.25, -0.2) is 4.84 Å². The van der Waals surface area contributed by atoms with Crippen LogP contribution in [0.4, 0.5) is 0 Å². The third-order valence-corrected chi connectivity index (χ3v) is 2.61. The molecule has 0 heterocycles. The second-order valence-electron chi connectivity index (χ2n) is 3.15. The highest BCUT2D eigenvalue weighted by atomic mass is 31.0. The van der Waals surface area contributed by atoms with Crippen molar-refractivity contribution in [2.24, 2.45) is 16.7 Å². The van der Waals surface area contributed by atoms with Gasteiger partial charge in [0.15, 0.2) is 0 Å². The molecule has 11 heavy (non-hydrogen) atoms. The molecule has 0 bridgehead atoms. The third-order valence-electron chi connectivity index (χ3n) is 2.50. The quantitative estimate of drug-likeness (QED) is 0.464. The van der Waals surface area contributed by atoms with E-state index in [4.69, 9.17) is 4.84 Å². The molecule has 0 aromatic carbocycles. The number of hydrogen-bond acceptors (Lipinski definition) is 2. The van der Waals surface area contributed by atoms with E-state index >= 15 is 0 Å². The van der Waals surface area contributed by atoms with Crippen molar-refractivity contribution in [3.8, 4) is 0 Å². The smallest absolute Gasteiger partial charge is 0.0882 e. The second-order valence-corrected chi connectivity index (χ2v) is 3.33. The van der Waals surface area contributed by atoms with Crippen molar-refractivity contribution in [1.29, 1.82) is 0 Å². The van der Waals surface area contributed by atoms with Gasteiger partial charge < -0.3 is 0 Å². The summed E-state index contributed by atoms with van der Waals surface area (Å²) in [6.45, 7) is 8.66. The van der Waals surface area contributed by atoms with Crippen molar-refractivity contribution in [2.75, 3.05) is 0 Å². The SMILES string of the molecule is CCC(C)C(C)C(C)ON=P. The summed E-state index contributed by atoms with van der Waals surface area (Å²) < 4.78 is 0. The van der Waals surface area contributed by atoms with Crippen molar-refractivity contribution in [3.05, 3.63) is 0 Å². The summed E-state index contributed by atoms with van der Waals surface area (Å²) in [5, 5.41) is 0. The maximum Gasteiger partial charge on any atom is 0.0882 e. The zero-order valence-corrected chi connectivity index (χ0v) is 8.79. The summed E-state index contributed by atoms with van der Waals surface area (Å²) in [4.78, 5) is 8.54. The van der Waals surface area contributed by atoms with Crippen LogP contribution in [-0.4, -0.2) is 6.10 Å². The van der Waals surface area contributed by atoms with Crippen LogP contribution >= 0.6 is 9.03 Å². The lowest BCUT2D eigenvalue weighted by Gasteiger charge is -2.22. The molecule has 0 fully saturated rings.